The first-order valence-electron chi connectivity index (χ1n) is 5.59. The molecule has 1 aliphatic heterocycles. The number of hydrogen-bond acceptors (Lipinski definition) is 4. The number of thiazole rings is 1. The Morgan fingerprint density at radius 2 is 2.53 bits per heavy atom. The molecule has 1 aromatic heterocycles. The highest BCUT2D eigenvalue weighted by Gasteiger charge is 2.32. The van der Waals surface area contributed by atoms with Gasteiger partial charge in [-0.3, -0.25) is 9.59 Å². The van der Waals surface area contributed by atoms with E-state index in [2.05, 4.69) is 10.3 Å². The fourth-order valence-corrected chi connectivity index (χ4v) is 2.50. The fourth-order valence-electron chi connectivity index (χ4n) is 1.90. The van der Waals surface area contributed by atoms with Crippen molar-refractivity contribution in [3.63, 3.8) is 0 Å². The number of nitrogens with zero attached hydrogens (tertiary/aromatic N) is 2. The van der Waals surface area contributed by atoms with Crippen molar-refractivity contribution < 1.29 is 9.59 Å². The summed E-state index contributed by atoms with van der Waals surface area (Å²) in [6, 6.07) is -0.294. The SMILES string of the molecule is CN1C(=O)CCC1C(=O)NCCc1cscn1. The number of likely N-dealkylation sites (N-methyl/N-ethyl adjacent to an activating group) is 1. The highest BCUT2D eigenvalue weighted by Crippen LogP contribution is 2.16. The molecule has 1 aliphatic rings. The van der Waals surface area contributed by atoms with Gasteiger partial charge in [-0.1, -0.05) is 0 Å². The van der Waals surface area contributed by atoms with Gasteiger partial charge in [0.1, 0.15) is 6.04 Å². The standard InChI is InChI=1S/C11H15N3O2S/c1-14-9(2-3-10(14)15)11(16)12-5-4-8-6-17-7-13-8/h6-7,9H,2-5H2,1H3,(H,12,16). The highest BCUT2D eigenvalue weighted by atomic mass is 32.1. The van der Waals surface area contributed by atoms with Gasteiger partial charge in [0.2, 0.25) is 11.8 Å². The molecule has 0 saturated carbocycles. The Kier molecular flexibility index (Phi) is 3.73. The van der Waals surface area contributed by atoms with E-state index in [0.717, 1.165) is 12.1 Å². The Morgan fingerprint density at radius 1 is 1.71 bits per heavy atom. The lowest BCUT2D eigenvalue weighted by Crippen LogP contribution is -2.43. The zero-order valence-corrected chi connectivity index (χ0v) is 10.5. The summed E-state index contributed by atoms with van der Waals surface area (Å²) >= 11 is 1.55. The van der Waals surface area contributed by atoms with Crippen LogP contribution in [-0.2, 0) is 16.0 Å². The fraction of sp³-hybridized carbons (Fsp3) is 0.545. The van der Waals surface area contributed by atoms with Crippen LogP contribution in [0, 0.1) is 0 Å². The van der Waals surface area contributed by atoms with Crippen molar-refractivity contribution in [2.45, 2.75) is 25.3 Å². The molecule has 1 atom stereocenters. The molecule has 0 aliphatic carbocycles. The maximum absolute atomic E-state index is 11.8. The molecule has 0 aromatic carbocycles. The van der Waals surface area contributed by atoms with Crippen molar-refractivity contribution in [2.75, 3.05) is 13.6 Å². The van der Waals surface area contributed by atoms with Gasteiger partial charge < -0.3 is 10.2 Å². The average Bonchev–Trinajstić information content (AvgIpc) is 2.91. The molecule has 1 fully saturated rings. The van der Waals surface area contributed by atoms with Gasteiger partial charge in [-0.25, -0.2) is 4.98 Å². The van der Waals surface area contributed by atoms with Crippen LogP contribution in [0.25, 0.3) is 0 Å². The van der Waals surface area contributed by atoms with Crippen molar-refractivity contribution in [2.24, 2.45) is 0 Å². The lowest BCUT2D eigenvalue weighted by Gasteiger charge is -2.18. The first-order valence-corrected chi connectivity index (χ1v) is 6.53. The van der Waals surface area contributed by atoms with E-state index in [-0.39, 0.29) is 17.9 Å². The molecule has 0 spiro atoms. The van der Waals surface area contributed by atoms with Crippen LogP contribution in [-0.4, -0.2) is 41.3 Å². The lowest BCUT2D eigenvalue weighted by molar-refractivity contribution is -0.133. The van der Waals surface area contributed by atoms with Gasteiger partial charge >= 0.3 is 0 Å². The van der Waals surface area contributed by atoms with Gasteiger partial charge in [0.25, 0.3) is 0 Å². The molecule has 6 heteroatoms. The second kappa shape index (κ2) is 5.27. The summed E-state index contributed by atoms with van der Waals surface area (Å²) in [6.45, 7) is 0.571. The number of carbonyl (C=O) groups is 2. The van der Waals surface area contributed by atoms with Crippen molar-refractivity contribution in [1.82, 2.24) is 15.2 Å². The monoisotopic (exact) mass is 253 g/mol. The summed E-state index contributed by atoms with van der Waals surface area (Å²) in [5.74, 6) is -0.0155. The van der Waals surface area contributed by atoms with Crippen molar-refractivity contribution in [1.29, 1.82) is 0 Å². The molecule has 1 aromatic rings. The number of nitrogens with one attached hydrogen (secondary N) is 1. The summed E-state index contributed by atoms with van der Waals surface area (Å²) < 4.78 is 0. The topological polar surface area (TPSA) is 62.3 Å². The molecule has 1 unspecified atom stereocenters. The summed E-state index contributed by atoms with van der Waals surface area (Å²) in [5.41, 5.74) is 2.77. The van der Waals surface area contributed by atoms with Crippen LogP contribution in [0.5, 0.6) is 0 Å². The molecule has 2 amide bonds. The number of amides is 2. The van der Waals surface area contributed by atoms with Gasteiger partial charge in [-0.15, -0.1) is 11.3 Å². The van der Waals surface area contributed by atoms with Crippen LogP contribution in [0.1, 0.15) is 18.5 Å². The third-order valence-corrected chi connectivity index (χ3v) is 3.59. The molecule has 2 heterocycles. The highest BCUT2D eigenvalue weighted by molar-refractivity contribution is 7.07. The van der Waals surface area contributed by atoms with Crippen molar-refractivity contribution in [3.05, 3.63) is 16.6 Å². The molecule has 0 bridgehead atoms. The minimum absolute atomic E-state index is 0.0460. The van der Waals surface area contributed by atoms with Crippen LogP contribution in [0.3, 0.4) is 0 Å². The predicted molar refractivity (Wildman–Crippen MR) is 64.6 cm³/mol. The summed E-state index contributed by atoms with van der Waals surface area (Å²) in [4.78, 5) is 28.8. The average molecular weight is 253 g/mol. The Morgan fingerprint density at radius 3 is 3.12 bits per heavy atom. The molecule has 17 heavy (non-hydrogen) atoms. The molecule has 1 N–H and O–H groups in total. The predicted octanol–water partition coefficient (Wildman–Crippen LogP) is 0.423. The minimum Gasteiger partial charge on any atom is -0.354 e. The quantitative estimate of drug-likeness (QED) is 0.846. The van der Waals surface area contributed by atoms with Crippen LogP contribution in [0.2, 0.25) is 0 Å². The third-order valence-electron chi connectivity index (χ3n) is 2.96. The molecular weight excluding hydrogens is 238 g/mol. The molecule has 2 rings (SSSR count). The van der Waals surface area contributed by atoms with Crippen LogP contribution in [0.15, 0.2) is 10.9 Å². The van der Waals surface area contributed by atoms with E-state index < -0.39 is 0 Å². The number of likely N-dealkylation sites (tertiary alicyclic amines) is 1. The second-order valence-corrected chi connectivity index (χ2v) is 4.80. The molecular formula is C11H15N3O2S. The summed E-state index contributed by atoms with van der Waals surface area (Å²) in [5, 5.41) is 4.82. The van der Waals surface area contributed by atoms with Crippen LogP contribution in [0.4, 0.5) is 0 Å². The Balaban J connectivity index is 1.76. The maximum Gasteiger partial charge on any atom is 0.242 e. The lowest BCUT2D eigenvalue weighted by atomic mass is 10.2. The van der Waals surface area contributed by atoms with Crippen LogP contribution < -0.4 is 5.32 Å². The Bertz CT molecular complexity index is 405. The molecule has 0 radical (unpaired) electrons. The third kappa shape index (κ3) is 2.82. The first kappa shape index (κ1) is 12.0. The molecule has 5 nitrogen and oxygen atoms in total. The minimum atomic E-state index is -0.294. The molecule has 1 saturated heterocycles. The number of carbonyl (C=O) groups excluding carboxylic acids is 2. The molecule has 92 valence electrons. The number of aromatic nitrogens is 1. The van der Waals surface area contributed by atoms with E-state index in [9.17, 15) is 9.59 Å². The normalized spacial score (nSPS) is 19.7. The zero-order chi connectivity index (χ0) is 12.3. The van der Waals surface area contributed by atoms with Gasteiger partial charge in [0.05, 0.1) is 11.2 Å². The zero-order valence-electron chi connectivity index (χ0n) is 9.68. The maximum atomic E-state index is 11.8. The first-order chi connectivity index (χ1) is 8.18. The summed E-state index contributed by atoms with van der Waals surface area (Å²) in [6.07, 6.45) is 1.83. The van der Waals surface area contributed by atoms with Gasteiger partial charge in [-0.2, -0.15) is 0 Å². The van der Waals surface area contributed by atoms with E-state index in [0.29, 0.717) is 19.4 Å². The van der Waals surface area contributed by atoms with Crippen LogP contribution >= 0.6 is 11.3 Å². The van der Waals surface area contributed by atoms with Gasteiger partial charge in [0.15, 0.2) is 0 Å². The van der Waals surface area contributed by atoms with E-state index in [1.165, 1.54) is 4.90 Å². The van der Waals surface area contributed by atoms with E-state index >= 15 is 0 Å². The Hall–Kier alpha value is -1.43. The van der Waals surface area contributed by atoms with E-state index in [4.69, 9.17) is 0 Å². The number of hydrogen-bond donors (Lipinski definition) is 1. The Labute approximate surface area is 104 Å². The smallest absolute Gasteiger partial charge is 0.242 e. The largest absolute Gasteiger partial charge is 0.354 e. The van der Waals surface area contributed by atoms with Crippen molar-refractivity contribution >= 4 is 23.2 Å². The van der Waals surface area contributed by atoms with Gasteiger partial charge in [-0.05, 0) is 6.42 Å². The summed E-state index contributed by atoms with van der Waals surface area (Å²) in [7, 11) is 1.68. The van der Waals surface area contributed by atoms with E-state index in [1.54, 1.807) is 23.9 Å². The second-order valence-electron chi connectivity index (χ2n) is 4.08. The number of rotatable bonds is 4. The van der Waals surface area contributed by atoms with E-state index in [1.807, 2.05) is 5.38 Å². The van der Waals surface area contributed by atoms with Crippen molar-refractivity contribution in [3.8, 4) is 0 Å². The van der Waals surface area contributed by atoms with Gasteiger partial charge in [0, 0.05) is 31.8 Å².